The average Bonchev–Trinajstić information content (AvgIpc) is 3.16. The predicted octanol–water partition coefficient (Wildman–Crippen LogP) is 2.74. The van der Waals surface area contributed by atoms with Crippen LogP contribution in [0.25, 0.3) is 16.4 Å². The molecule has 0 amide bonds. The fourth-order valence-electron chi connectivity index (χ4n) is 2.71. The van der Waals surface area contributed by atoms with Crippen LogP contribution in [0.15, 0.2) is 53.9 Å². The summed E-state index contributed by atoms with van der Waals surface area (Å²) in [6.07, 6.45) is 3.25. The maximum absolute atomic E-state index is 5.30. The van der Waals surface area contributed by atoms with Crippen LogP contribution in [0.4, 0.5) is 5.82 Å². The molecule has 0 radical (unpaired) electrons. The molecule has 2 heterocycles. The molecule has 2 aromatic carbocycles. The number of rotatable bonds is 5. The summed E-state index contributed by atoms with van der Waals surface area (Å²) in [5.41, 5.74) is 4.56. The third kappa shape index (κ3) is 2.77. The van der Waals surface area contributed by atoms with E-state index in [2.05, 4.69) is 25.8 Å². The Balaban J connectivity index is 1.66. The lowest BCUT2D eigenvalue weighted by Gasteiger charge is -2.08. The molecule has 0 fully saturated rings. The number of anilines is 1. The van der Waals surface area contributed by atoms with Crippen molar-refractivity contribution in [2.75, 3.05) is 19.6 Å². The van der Waals surface area contributed by atoms with E-state index in [1.807, 2.05) is 42.5 Å². The third-order valence-electron chi connectivity index (χ3n) is 3.95. The Morgan fingerprint density at radius 3 is 2.65 bits per heavy atom. The van der Waals surface area contributed by atoms with Crippen molar-refractivity contribution in [2.24, 2.45) is 5.10 Å². The number of ether oxygens (including phenoxy) is 2. The molecule has 0 saturated carbocycles. The van der Waals surface area contributed by atoms with Gasteiger partial charge in [-0.25, -0.2) is 0 Å². The van der Waals surface area contributed by atoms with E-state index in [1.165, 1.54) is 0 Å². The van der Waals surface area contributed by atoms with Crippen molar-refractivity contribution in [3.05, 3.63) is 54.4 Å². The van der Waals surface area contributed by atoms with Crippen molar-refractivity contribution < 1.29 is 9.47 Å². The molecule has 0 saturated heterocycles. The van der Waals surface area contributed by atoms with Crippen molar-refractivity contribution in [1.29, 1.82) is 0 Å². The maximum Gasteiger partial charge on any atom is 0.185 e. The van der Waals surface area contributed by atoms with Crippen LogP contribution in [0.2, 0.25) is 0 Å². The zero-order valence-electron chi connectivity index (χ0n) is 14.2. The first-order chi connectivity index (χ1) is 12.8. The molecule has 0 atom stereocenters. The summed E-state index contributed by atoms with van der Waals surface area (Å²) in [6.45, 7) is 0. The smallest absolute Gasteiger partial charge is 0.185 e. The van der Waals surface area contributed by atoms with Gasteiger partial charge in [-0.1, -0.05) is 24.3 Å². The summed E-state index contributed by atoms with van der Waals surface area (Å²) in [7, 11) is 3.20. The van der Waals surface area contributed by atoms with Crippen LogP contribution in [0.3, 0.4) is 0 Å². The number of nitrogens with one attached hydrogen (secondary N) is 1. The second-order valence-electron chi connectivity index (χ2n) is 5.48. The Hall–Kier alpha value is -3.68. The summed E-state index contributed by atoms with van der Waals surface area (Å²) in [4.78, 5) is 0. The SMILES string of the molecule is COc1ccc(/C=N/Nc2nn3cnnc3c3ccccc23)cc1OC. The standard InChI is InChI=1S/C18H16N6O2/c1-25-15-8-7-12(9-16(15)26-2)10-19-21-17-13-5-3-4-6-14(13)18-22-20-11-24(18)23-17/h3-11H,1-2H3,(H,21,23)/b19-10+. The lowest BCUT2D eigenvalue weighted by molar-refractivity contribution is 0.355. The Morgan fingerprint density at radius 2 is 1.85 bits per heavy atom. The number of hydrogen-bond donors (Lipinski definition) is 1. The fourth-order valence-corrected chi connectivity index (χ4v) is 2.71. The summed E-state index contributed by atoms with van der Waals surface area (Å²) < 4.78 is 12.2. The normalized spacial score (nSPS) is 11.3. The minimum atomic E-state index is 0.615. The molecule has 8 heteroatoms. The summed E-state index contributed by atoms with van der Waals surface area (Å²) in [6, 6.07) is 13.4. The van der Waals surface area contributed by atoms with Crippen molar-refractivity contribution in [3.63, 3.8) is 0 Å². The molecule has 4 rings (SSSR count). The van der Waals surface area contributed by atoms with Crippen LogP contribution in [-0.2, 0) is 0 Å². The average molecular weight is 348 g/mol. The molecule has 0 aliphatic carbocycles. The van der Waals surface area contributed by atoms with Crippen molar-refractivity contribution in [3.8, 4) is 11.5 Å². The number of benzene rings is 2. The van der Waals surface area contributed by atoms with E-state index in [0.717, 1.165) is 16.3 Å². The zero-order valence-corrected chi connectivity index (χ0v) is 14.2. The van der Waals surface area contributed by atoms with Crippen LogP contribution >= 0.6 is 0 Å². The van der Waals surface area contributed by atoms with Gasteiger partial charge < -0.3 is 9.47 Å². The highest BCUT2D eigenvalue weighted by atomic mass is 16.5. The van der Waals surface area contributed by atoms with E-state index in [4.69, 9.17) is 9.47 Å². The van der Waals surface area contributed by atoms with E-state index >= 15 is 0 Å². The molecule has 0 spiro atoms. The van der Waals surface area contributed by atoms with Gasteiger partial charge in [0.15, 0.2) is 23.0 Å². The minimum Gasteiger partial charge on any atom is -0.493 e. The molecular formula is C18H16N6O2. The van der Waals surface area contributed by atoms with Crippen molar-refractivity contribution >= 4 is 28.5 Å². The molecule has 4 aromatic rings. The van der Waals surface area contributed by atoms with Crippen LogP contribution in [-0.4, -0.2) is 40.2 Å². The van der Waals surface area contributed by atoms with E-state index in [0.29, 0.717) is 23.0 Å². The number of fused-ring (bicyclic) bond motifs is 3. The second kappa shape index (κ2) is 6.67. The maximum atomic E-state index is 5.30. The summed E-state index contributed by atoms with van der Waals surface area (Å²) in [5, 5.41) is 18.7. The fraction of sp³-hybridized carbons (Fsp3) is 0.111. The molecule has 130 valence electrons. The number of hydrogen-bond acceptors (Lipinski definition) is 7. The van der Waals surface area contributed by atoms with Crippen molar-refractivity contribution in [1.82, 2.24) is 19.8 Å². The number of hydrazone groups is 1. The number of aromatic nitrogens is 4. The third-order valence-corrected chi connectivity index (χ3v) is 3.95. The number of methoxy groups -OCH3 is 2. The Labute approximate surface area is 149 Å². The highest BCUT2D eigenvalue weighted by Crippen LogP contribution is 2.27. The van der Waals surface area contributed by atoms with Gasteiger partial charge >= 0.3 is 0 Å². The lowest BCUT2D eigenvalue weighted by Crippen LogP contribution is -2.00. The Bertz CT molecular complexity index is 1110. The van der Waals surface area contributed by atoms with E-state index in [9.17, 15) is 0 Å². The van der Waals surface area contributed by atoms with Crippen molar-refractivity contribution in [2.45, 2.75) is 0 Å². The first kappa shape index (κ1) is 15.8. The van der Waals surface area contributed by atoms with E-state index in [-0.39, 0.29) is 0 Å². The zero-order chi connectivity index (χ0) is 17.9. The van der Waals surface area contributed by atoms with Gasteiger partial charge in [-0.3, -0.25) is 5.43 Å². The lowest BCUT2D eigenvalue weighted by atomic mass is 10.2. The van der Waals surface area contributed by atoms with Crippen LogP contribution in [0, 0.1) is 0 Å². The molecule has 0 aliphatic rings. The first-order valence-electron chi connectivity index (χ1n) is 7.90. The molecule has 0 unspecified atom stereocenters. The molecule has 26 heavy (non-hydrogen) atoms. The Kier molecular flexibility index (Phi) is 4.06. The van der Waals surface area contributed by atoms with Gasteiger partial charge in [-0.15, -0.1) is 15.3 Å². The second-order valence-corrected chi connectivity index (χ2v) is 5.48. The minimum absolute atomic E-state index is 0.615. The van der Waals surface area contributed by atoms with Gasteiger partial charge in [-0.05, 0) is 23.8 Å². The highest BCUT2D eigenvalue weighted by molar-refractivity contribution is 5.99. The van der Waals surface area contributed by atoms with Crippen LogP contribution < -0.4 is 14.9 Å². The number of nitrogens with zero attached hydrogens (tertiary/aromatic N) is 5. The van der Waals surface area contributed by atoms with Crippen LogP contribution in [0.1, 0.15) is 5.56 Å². The highest BCUT2D eigenvalue weighted by Gasteiger charge is 2.09. The first-order valence-corrected chi connectivity index (χ1v) is 7.90. The molecule has 0 aliphatic heterocycles. The van der Waals surface area contributed by atoms with E-state index in [1.54, 1.807) is 31.3 Å². The van der Waals surface area contributed by atoms with Gasteiger partial charge in [0.25, 0.3) is 0 Å². The van der Waals surface area contributed by atoms with Gasteiger partial charge in [0, 0.05) is 10.8 Å². The Morgan fingerprint density at radius 1 is 1.04 bits per heavy atom. The largest absolute Gasteiger partial charge is 0.493 e. The summed E-state index contributed by atoms with van der Waals surface area (Å²) in [5.74, 6) is 1.93. The molecular weight excluding hydrogens is 332 g/mol. The predicted molar refractivity (Wildman–Crippen MR) is 99.1 cm³/mol. The van der Waals surface area contributed by atoms with Gasteiger partial charge in [0.05, 0.1) is 20.4 Å². The monoisotopic (exact) mass is 348 g/mol. The molecule has 0 bridgehead atoms. The quantitative estimate of drug-likeness (QED) is 0.441. The van der Waals surface area contributed by atoms with Gasteiger partial charge in [0.1, 0.15) is 6.33 Å². The van der Waals surface area contributed by atoms with Crippen LogP contribution in [0.5, 0.6) is 11.5 Å². The topological polar surface area (TPSA) is 85.9 Å². The molecule has 2 aromatic heterocycles. The molecule has 8 nitrogen and oxygen atoms in total. The van der Waals surface area contributed by atoms with Gasteiger partial charge in [0.2, 0.25) is 0 Å². The van der Waals surface area contributed by atoms with Gasteiger partial charge in [-0.2, -0.15) is 9.62 Å². The summed E-state index contributed by atoms with van der Waals surface area (Å²) >= 11 is 0. The molecule has 1 N–H and O–H groups in total. The van der Waals surface area contributed by atoms with E-state index < -0.39 is 0 Å².